The Morgan fingerprint density at radius 2 is 1.64 bits per heavy atom. The highest BCUT2D eigenvalue weighted by Crippen LogP contribution is 2.24. The third kappa shape index (κ3) is 3.23. The molecule has 0 aromatic carbocycles. The summed E-state index contributed by atoms with van der Waals surface area (Å²) in [4.78, 5) is 0. The van der Waals surface area contributed by atoms with Gasteiger partial charge in [0, 0.05) is 6.04 Å². The Balaban J connectivity index is 2.36. The van der Waals surface area contributed by atoms with E-state index in [0.29, 0.717) is 6.04 Å². The molecule has 0 bridgehead atoms. The van der Waals surface area contributed by atoms with Crippen molar-refractivity contribution in [2.24, 2.45) is 5.92 Å². The van der Waals surface area contributed by atoms with Gasteiger partial charge in [-0.3, -0.25) is 0 Å². The second-order valence-corrected chi connectivity index (χ2v) is 4.98. The van der Waals surface area contributed by atoms with Gasteiger partial charge in [-0.2, -0.15) is 0 Å². The third-order valence-corrected chi connectivity index (χ3v) is 3.27. The number of aliphatic hydroxyl groups excluding tert-OH is 2. The maximum atomic E-state index is 9.15. The molecular weight excluding hydrogens is 178 g/mol. The van der Waals surface area contributed by atoms with Crippen LogP contribution in [0.25, 0.3) is 0 Å². The summed E-state index contributed by atoms with van der Waals surface area (Å²) in [5, 5.41) is 21.6. The summed E-state index contributed by atoms with van der Waals surface area (Å²) in [6.45, 7) is 4.14. The number of hydrogen-bond acceptors (Lipinski definition) is 3. The quantitative estimate of drug-likeness (QED) is 0.633. The van der Waals surface area contributed by atoms with Gasteiger partial charge in [-0.05, 0) is 38.5 Å². The highest BCUT2D eigenvalue weighted by molar-refractivity contribution is 4.87. The van der Waals surface area contributed by atoms with Crippen LogP contribution in [0.15, 0.2) is 0 Å². The van der Waals surface area contributed by atoms with Gasteiger partial charge in [-0.15, -0.1) is 0 Å². The van der Waals surface area contributed by atoms with Gasteiger partial charge >= 0.3 is 0 Å². The van der Waals surface area contributed by atoms with Crippen molar-refractivity contribution in [1.82, 2.24) is 5.32 Å². The monoisotopic (exact) mass is 201 g/mol. The van der Waals surface area contributed by atoms with Crippen LogP contribution < -0.4 is 5.32 Å². The van der Waals surface area contributed by atoms with Gasteiger partial charge in [0.15, 0.2) is 0 Å². The van der Waals surface area contributed by atoms with E-state index >= 15 is 0 Å². The molecule has 14 heavy (non-hydrogen) atoms. The first-order valence-corrected chi connectivity index (χ1v) is 5.59. The lowest BCUT2D eigenvalue weighted by Crippen LogP contribution is -2.54. The molecule has 3 nitrogen and oxygen atoms in total. The number of aliphatic hydroxyl groups is 2. The topological polar surface area (TPSA) is 52.5 Å². The zero-order chi connectivity index (χ0) is 10.6. The molecule has 0 aliphatic heterocycles. The Morgan fingerprint density at radius 1 is 1.14 bits per heavy atom. The SMILES string of the molecule is CC1CCC(NC(C)(CO)CO)CC1. The van der Waals surface area contributed by atoms with Gasteiger partial charge in [-0.1, -0.05) is 6.92 Å². The Labute approximate surface area is 86.5 Å². The molecule has 0 aromatic rings. The molecule has 84 valence electrons. The Hall–Kier alpha value is -0.120. The molecule has 1 fully saturated rings. The Kier molecular flexibility index (Phi) is 4.35. The molecule has 0 radical (unpaired) electrons. The summed E-state index contributed by atoms with van der Waals surface area (Å²) in [5.41, 5.74) is -0.509. The molecule has 3 heteroatoms. The fraction of sp³-hybridized carbons (Fsp3) is 1.00. The first kappa shape index (κ1) is 12.0. The number of rotatable bonds is 4. The van der Waals surface area contributed by atoms with Crippen LogP contribution >= 0.6 is 0 Å². The lowest BCUT2D eigenvalue weighted by Gasteiger charge is -2.35. The van der Waals surface area contributed by atoms with Crippen LogP contribution in [0.4, 0.5) is 0 Å². The van der Waals surface area contributed by atoms with E-state index in [1.807, 2.05) is 6.92 Å². The smallest absolute Gasteiger partial charge is 0.0633 e. The summed E-state index contributed by atoms with van der Waals surface area (Å²) >= 11 is 0. The number of nitrogens with one attached hydrogen (secondary N) is 1. The van der Waals surface area contributed by atoms with Crippen molar-refractivity contribution < 1.29 is 10.2 Å². The van der Waals surface area contributed by atoms with Gasteiger partial charge in [0.1, 0.15) is 0 Å². The summed E-state index contributed by atoms with van der Waals surface area (Å²) in [5.74, 6) is 0.836. The van der Waals surface area contributed by atoms with Crippen LogP contribution in [0.3, 0.4) is 0 Å². The standard InChI is InChI=1S/C11H23NO2/c1-9-3-5-10(6-4-9)12-11(2,7-13)8-14/h9-10,12-14H,3-8H2,1-2H3. The van der Waals surface area contributed by atoms with Crippen LogP contribution in [0.1, 0.15) is 39.5 Å². The summed E-state index contributed by atoms with van der Waals surface area (Å²) in [7, 11) is 0. The van der Waals surface area contributed by atoms with E-state index in [1.165, 1.54) is 12.8 Å². The lowest BCUT2D eigenvalue weighted by molar-refractivity contribution is 0.0859. The van der Waals surface area contributed by atoms with Gasteiger partial charge < -0.3 is 15.5 Å². The predicted octanol–water partition coefficient (Wildman–Crippen LogP) is 0.898. The van der Waals surface area contributed by atoms with Crippen molar-refractivity contribution >= 4 is 0 Å². The van der Waals surface area contributed by atoms with Gasteiger partial charge in [0.25, 0.3) is 0 Å². The minimum atomic E-state index is -0.509. The van der Waals surface area contributed by atoms with Crippen molar-refractivity contribution in [2.45, 2.75) is 51.1 Å². The van der Waals surface area contributed by atoms with E-state index in [4.69, 9.17) is 10.2 Å². The van der Waals surface area contributed by atoms with Crippen LogP contribution in [-0.4, -0.2) is 35.0 Å². The molecular formula is C11H23NO2. The third-order valence-electron chi connectivity index (χ3n) is 3.27. The van der Waals surface area contributed by atoms with Gasteiger partial charge in [0.2, 0.25) is 0 Å². The zero-order valence-corrected chi connectivity index (χ0v) is 9.29. The number of hydrogen-bond donors (Lipinski definition) is 3. The van der Waals surface area contributed by atoms with E-state index in [0.717, 1.165) is 18.8 Å². The first-order chi connectivity index (χ1) is 6.59. The summed E-state index contributed by atoms with van der Waals surface area (Å²) in [6, 6.07) is 0.468. The minimum Gasteiger partial charge on any atom is -0.394 e. The second-order valence-electron chi connectivity index (χ2n) is 4.98. The largest absolute Gasteiger partial charge is 0.394 e. The van der Waals surface area contributed by atoms with Crippen molar-refractivity contribution in [3.8, 4) is 0 Å². The highest BCUT2D eigenvalue weighted by atomic mass is 16.3. The lowest BCUT2D eigenvalue weighted by atomic mass is 9.86. The molecule has 0 heterocycles. The summed E-state index contributed by atoms with van der Waals surface area (Å²) < 4.78 is 0. The molecule has 3 N–H and O–H groups in total. The van der Waals surface area contributed by atoms with Crippen molar-refractivity contribution in [3.63, 3.8) is 0 Å². The van der Waals surface area contributed by atoms with E-state index in [2.05, 4.69) is 12.2 Å². The molecule has 1 saturated carbocycles. The average Bonchev–Trinajstić information content (AvgIpc) is 2.21. The van der Waals surface area contributed by atoms with Gasteiger partial charge in [0.05, 0.1) is 18.8 Å². The van der Waals surface area contributed by atoms with Crippen LogP contribution in [0.5, 0.6) is 0 Å². The maximum Gasteiger partial charge on any atom is 0.0633 e. The van der Waals surface area contributed by atoms with Crippen LogP contribution in [0.2, 0.25) is 0 Å². The van der Waals surface area contributed by atoms with Crippen LogP contribution in [-0.2, 0) is 0 Å². The second kappa shape index (κ2) is 5.10. The Bertz CT molecular complexity index is 161. The highest BCUT2D eigenvalue weighted by Gasteiger charge is 2.27. The minimum absolute atomic E-state index is 0.00441. The molecule has 0 unspecified atom stereocenters. The van der Waals surface area contributed by atoms with E-state index in [9.17, 15) is 0 Å². The van der Waals surface area contributed by atoms with Crippen molar-refractivity contribution in [3.05, 3.63) is 0 Å². The van der Waals surface area contributed by atoms with E-state index in [-0.39, 0.29) is 13.2 Å². The molecule has 0 atom stereocenters. The molecule has 0 amide bonds. The van der Waals surface area contributed by atoms with E-state index in [1.54, 1.807) is 0 Å². The predicted molar refractivity (Wildman–Crippen MR) is 57.1 cm³/mol. The fourth-order valence-corrected chi connectivity index (χ4v) is 2.04. The van der Waals surface area contributed by atoms with Crippen molar-refractivity contribution in [1.29, 1.82) is 0 Å². The fourth-order valence-electron chi connectivity index (χ4n) is 2.04. The first-order valence-electron chi connectivity index (χ1n) is 5.59. The normalized spacial score (nSPS) is 29.1. The zero-order valence-electron chi connectivity index (χ0n) is 9.29. The average molecular weight is 201 g/mol. The molecule has 0 aromatic heterocycles. The molecule has 1 rings (SSSR count). The molecule has 1 aliphatic carbocycles. The Morgan fingerprint density at radius 3 is 2.07 bits per heavy atom. The van der Waals surface area contributed by atoms with E-state index < -0.39 is 5.54 Å². The van der Waals surface area contributed by atoms with Crippen LogP contribution in [0, 0.1) is 5.92 Å². The molecule has 0 spiro atoms. The molecule has 0 saturated heterocycles. The van der Waals surface area contributed by atoms with Crippen molar-refractivity contribution in [2.75, 3.05) is 13.2 Å². The van der Waals surface area contributed by atoms with Gasteiger partial charge in [-0.25, -0.2) is 0 Å². The maximum absolute atomic E-state index is 9.15. The summed E-state index contributed by atoms with van der Waals surface area (Å²) in [6.07, 6.45) is 4.84. The molecule has 1 aliphatic rings.